The fraction of sp³-hybridized carbons (Fsp3) is 0.900. The molecule has 0 aromatic rings. The highest BCUT2D eigenvalue weighted by Crippen LogP contribution is 2.21. The first kappa shape index (κ1) is 11.5. The summed E-state index contributed by atoms with van der Waals surface area (Å²) in [6.07, 6.45) is 1.97. The van der Waals surface area contributed by atoms with Crippen LogP contribution in [0.25, 0.3) is 0 Å². The summed E-state index contributed by atoms with van der Waals surface area (Å²) in [7, 11) is 0. The van der Waals surface area contributed by atoms with Crippen LogP contribution in [0.15, 0.2) is 0 Å². The van der Waals surface area contributed by atoms with Gasteiger partial charge in [-0.05, 0) is 25.3 Å². The molecule has 1 aliphatic rings. The van der Waals surface area contributed by atoms with Gasteiger partial charge in [-0.1, -0.05) is 6.92 Å². The van der Waals surface area contributed by atoms with Crippen molar-refractivity contribution in [3.63, 3.8) is 0 Å². The Balaban J connectivity index is 2.54. The molecule has 0 aromatic heterocycles. The third kappa shape index (κ3) is 3.27. The molecule has 0 saturated carbocycles. The summed E-state index contributed by atoms with van der Waals surface area (Å²) in [5.41, 5.74) is 5.33. The second-order valence-corrected chi connectivity index (χ2v) is 4.25. The molecule has 0 bridgehead atoms. The van der Waals surface area contributed by atoms with Gasteiger partial charge in [-0.15, -0.1) is 0 Å². The molecule has 0 spiro atoms. The van der Waals surface area contributed by atoms with E-state index < -0.39 is 0 Å². The molecule has 1 fully saturated rings. The van der Waals surface area contributed by atoms with Crippen molar-refractivity contribution in [2.24, 2.45) is 17.6 Å². The summed E-state index contributed by atoms with van der Waals surface area (Å²) in [5.74, 6) is 0.303. The largest absolute Gasteiger partial charge is 0.395 e. The maximum Gasteiger partial charge on any atom is 0.221 e. The molecular weight excluding hydrogens is 180 g/mol. The first-order valence-electron chi connectivity index (χ1n) is 5.26. The molecule has 0 radical (unpaired) electrons. The minimum Gasteiger partial charge on any atom is -0.395 e. The molecule has 4 heteroatoms. The first-order chi connectivity index (χ1) is 6.63. The number of carbonyl (C=O) groups excluding carboxylic acids is 1. The zero-order valence-corrected chi connectivity index (χ0v) is 8.78. The van der Waals surface area contributed by atoms with Crippen LogP contribution in [0.4, 0.5) is 0 Å². The van der Waals surface area contributed by atoms with Crippen molar-refractivity contribution in [1.82, 2.24) is 4.90 Å². The van der Waals surface area contributed by atoms with Gasteiger partial charge in [0.15, 0.2) is 0 Å². The highest BCUT2D eigenvalue weighted by Gasteiger charge is 2.25. The van der Waals surface area contributed by atoms with E-state index in [0.717, 1.165) is 19.4 Å². The number of rotatable bonds is 3. The molecule has 3 N–H and O–H groups in total. The molecule has 1 rings (SSSR count). The van der Waals surface area contributed by atoms with Gasteiger partial charge in [0.2, 0.25) is 5.91 Å². The molecule has 0 aromatic carbocycles. The second kappa shape index (κ2) is 5.32. The van der Waals surface area contributed by atoms with E-state index in [-0.39, 0.29) is 18.4 Å². The third-order valence-corrected chi connectivity index (χ3v) is 2.92. The minimum atomic E-state index is -0.207. The molecule has 0 aliphatic carbocycles. The lowest BCUT2D eigenvalue weighted by Crippen LogP contribution is -2.36. The van der Waals surface area contributed by atoms with E-state index in [1.165, 1.54) is 0 Å². The summed E-state index contributed by atoms with van der Waals surface area (Å²) in [5, 5.41) is 8.84. The van der Waals surface area contributed by atoms with E-state index >= 15 is 0 Å². The van der Waals surface area contributed by atoms with Crippen molar-refractivity contribution in [2.45, 2.75) is 19.8 Å². The second-order valence-electron chi connectivity index (χ2n) is 4.25. The quantitative estimate of drug-likeness (QED) is 0.663. The molecule has 1 saturated heterocycles. The number of nitrogens with zero attached hydrogens (tertiary/aromatic N) is 1. The number of aliphatic hydroxyl groups excluding tert-OH is 1. The van der Waals surface area contributed by atoms with Gasteiger partial charge in [0, 0.05) is 13.1 Å². The summed E-state index contributed by atoms with van der Waals surface area (Å²) in [4.78, 5) is 13.3. The molecule has 2 atom stereocenters. The lowest BCUT2D eigenvalue weighted by Gasteiger charge is -2.21. The maximum atomic E-state index is 11.1. The fourth-order valence-corrected chi connectivity index (χ4v) is 2.03. The Morgan fingerprint density at radius 2 is 2.36 bits per heavy atom. The number of nitrogens with two attached hydrogens (primary N) is 1. The number of aliphatic hydroxyl groups is 1. The number of likely N-dealkylation sites (tertiary alicyclic amines) is 1. The monoisotopic (exact) mass is 200 g/mol. The van der Waals surface area contributed by atoms with Crippen LogP contribution in [0.1, 0.15) is 19.8 Å². The van der Waals surface area contributed by atoms with Crippen molar-refractivity contribution in [3.8, 4) is 0 Å². The SMILES string of the molecule is CC1CCN(CCO)CC(C(N)=O)C1. The Morgan fingerprint density at radius 3 is 2.93 bits per heavy atom. The predicted molar refractivity (Wildman–Crippen MR) is 54.6 cm³/mol. The van der Waals surface area contributed by atoms with Gasteiger partial charge in [0.05, 0.1) is 12.5 Å². The molecule has 1 heterocycles. The first-order valence-corrected chi connectivity index (χ1v) is 5.26. The summed E-state index contributed by atoms with van der Waals surface area (Å²) in [6.45, 7) is 4.63. The van der Waals surface area contributed by atoms with E-state index in [1.54, 1.807) is 0 Å². The van der Waals surface area contributed by atoms with Crippen LogP contribution >= 0.6 is 0 Å². The zero-order chi connectivity index (χ0) is 10.6. The summed E-state index contributed by atoms with van der Waals surface area (Å²) >= 11 is 0. The molecule has 1 amide bonds. The Labute approximate surface area is 85.1 Å². The average Bonchev–Trinajstić information content (AvgIpc) is 2.29. The number of primary amides is 1. The van der Waals surface area contributed by atoms with Crippen molar-refractivity contribution >= 4 is 5.91 Å². The Hall–Kier alpha value is -0.610. The van der Waals surface area contributed by atoms with Crippen LogP contribution in [0.5, 0.6) is 0 Å². The Morgan fingerprint density at radius 1 is 1.64 bits per heavy atom. The van der Waals surface area contributed by atoms with Gasteiger partial charge in [-0.25, -0.2) is 0 Å². The summed E-state index contributed by atoms with van der Waals surface area (Å²) < 4.78 is 0. The lowest BCUT2D eigenvalue weighted by molar-refractivity contribution is -0.122. The third-order valence-electron chi connectivity index (χ3n) is 2.92. The highest BCUT2D eigenvalue weighted by atomic mass is 16.3. The highest BCUT2D eigenvalue weighted by molar-refractivity contribution is 5.76. The van der Waals surface area contributed by atoms with Gasteiger partial charge >= 0.3 is 0 Å². The van der Waals surface area contributed by atoms with Crippen LogP contribution in [-0.4, -0.2) is 42.2 Å². The number of hydrogen-bond donors (Lipinski definition) is 2. The van der Waals surface area contributed by atoms with Crippen molar-refractivity contribution in [2.75, 3.05) is 26.2 Å². The normalized spacial score (nSPS) is 29.9. The van der Waals surface area contributed by atoms with Gasteiger partial charge < -0.3 is 15.7 Å². The number of amides is 1. The van der Waals surface area contributed by atoms with E-state index in [2.05, 4.69) is 11.8 Å². The van der Waals surface area contributed by atoms with Crippen LogP contribution in [0.2, 0.25) is 0 Å². The molecular formula is C10H20N2O2. The van der Waals surface area contributed by atoms with E-state index in [0.29, 0.717) is 19.0 Å². The van der Waals surface area contributed by atoms with Gasteiger partial charge in [0.25, 0.3) is 0 Å². The Bertz CT molecular complexity index is 197. The molecule has 82 valence electrons. The van der Waals surface area contributed by atoms with Crippen LogP contribution in [0.3, 0.4) is 0 Å². The topological polar surface area (TPSA) is 66.6 Å². The van der Waals surface area contributed by atoms with Gasteiger partial charge in [-0.2, -0.15) is 0 Å². The Kier molecular flexibility index (Phi) is 4.35. The van der Waals surface area contributed by atoms with Crippen LogP contribution in [0, 0.1) is 11.8 Å². The molecule has 14 heavy (non-hydrogen) atoms. The standard InChI is InChI=1S/C10H20N2O2/c1-8-2-3-12(4-5-13)7-9(6-8)10(11)14/h8-9,13H,2-7H2,1H3,(H2,11,14). The predicted octanol–water partition coefficient (Wildman–Crippen LogP) is -0.188. The van der Waals surface area contributed by atoms with E-state index in [9.17, 15) is 4.79 Å². The van der Waals surface area contributed by atoms with E-state index in [4.69, 9.17) is 10.8 Å². The smallest absolute Gasteiger partial charge is 0.221 e. The minimum absolute atomic E-state index is 0.0425. The van der Waals surface area contributed by atoms with Gasteiger partial charge in [0.1, 0.15) is 0 Å². The average molecular weight is 200 g/mol. The molecule has 4 nitrogen and oxygen atoms in total. The fourth-order valence-electron chi connectivity index (χ4n) is 2.03. The number of β-amino-alcohol motifs (C(OH)–C–C–N with tert-alkyl or cyclic N) is 1. The van der Waals surface area contributed by atoms with E-state index in [1.807, 2.05) is 0 Å². The van der Waals surface area contributed by atoms with Crippen LogP contribution < -0.4 is 5.73 Å². The maximum absolute atomic E-state index is 11.1. The van der Waals surface area contributed by atoms with Crippen molar-refractivity contribution < 1.29 is 9.90 Å². The number of carbonyl (C=O) groups is 1. The molecule has 2 unspecified atom stereocenters. The summed E-state index contributed by atoms with van der Waals surface area (Å²) in [6, 6.07) is 0. The van der Waals surface area contributed by atoms with Gasteiger partial charge in [-0.3, -0.25) is 4.79 Å². The lowest BCUT2D eigenvalue weighted by atomic mass is 9.95. The molecule has 1 aliphatic heterocycles. The zero-order valence-electron chi connectivity index (χ0n) is 8.78. The van der Waals surface area contributed by atoms with Crippen molar-refractivity contribution in [1.29, 1.82) is 0 Å². The number of hydrogen-bond acceptors (Lipinski definition) is 3. The van der Waals surface area contributed by atoms with Crippen molar-refractivity contribution in [3.05, 3.63) is 0 Å². The van der Waals surface area contributed by atoms with Crippen LogP contribution in [-0.2, 0) is 4.79 Å².